The molecule has 0 heterocycles. The molecule has 0 aromatic heterocycles. The van der Waals surface area contributed by atoms with Crippen molar-refractivity contribution in [1.29, 1.82) is 0 Å². The van der Waals surface area contributed by atoms with Gasteiger partial charge < -0.3 is 20.8 Å². The maximum atomic E-state index is 12.0. The Bertz CT molecular complexity index is 735. The molecule has 0 aliphatic carbocycles. The Hall–Kier alpha value is -3.78. The third-order valence-corrected chi connectivity index (χ3v) is 2.81. The second kappa shape index (κ2) is 8.01. The van der Waals surface area contributed by atoms with Gasteiger partial charge in [-0.3, -0.25) is 9.59 Å². The van der Waals surface area contributed by atoms with Gasteiger partial charge >= 0.3 is 11.9 Å². The largest absolute Gasteiger partial charge is 0.478 e. The molecule has 0 spiro atoms. The quantitative estimate of drug-likeness (QED) is 0.535. The lowest BCUT2D eigenvalue weighted by molar-refractivity contribution is 0.0687. The van der Waals surface area contributed by atoms with Crippen molar-refractivity contribution in [3.63, 3.8) is 0 Å². The predicted octanol–water partition coefficient (Wildman–Crippen LogP) is -0.191. The average Bonchev–Trinajstić information content (AvgIpc) is 2.55. The van der Waals surface area contributed by atoms with Gasteiger partial charge in [0.1, 0.15) is 0 Å². The van der Waals surface area contributed by atoms with Crippen molar-refractivity contribution in [2.75, 3.05) is 13.1 Å². The van der Waals surface area contributed by atoms with Crippen molar-refractivity contribution in [3.8, 4) is 24.7 Å². The van der Waals surface area contributed by atoms with Gasteiger partial charge in [0.25, 0.3) is 11.8 Å². The first-order chi connectivity index (χ1) is 11.3. The Kier molecular flexibility index (Phi) is 6.10. The van der Waals surface area contributed by atoms with Crippen molar-refractivity contribution >= 4 is 23.8 Å². The first-order valence-corrected chi connectivity index (χ1v) is 6.41. The number of amides is 2. The Morgan fingerprint density at radius 1 is 0.792 bits per heavy atom. The summed E-state index contributed by atoms with van der Waals surface area (Å²) in [5.74, 6) is -0.490. The Labute approximate surface area is 136 Å². The van der Waals surface area contributed by atoms with E-state index in [-0.39, 0.29) is 13.1 Å². The van der Waals surface area contributed by atoms with E-state index in [0.717, 1.165) is 12.1 Å². The zero-order valence-corrected chi connectivity index (χ0v) is 12.3. The van der Waals surface area contributed by atoms with Crippen LogP contribution in [0, 0.1) is 24.7 Å². The maximum Gasteiger partial charge on any atom is 0.336 e. The monoisotopic (exact) mass is 328 g/mol. The molecule has 24 heavy (non-hydrogen) atoms. The maximum absolute atomic E-state index is 12.0. The number of hydrogen-bond donors (Lipinski definition) is 4. The summed E-state index contributed by atoms with van der Waals surface area (Å²) < 4.78 is 0. The van der Waals surface area contributed by atoms with E-state index in [9.17, 15) is 29.4 Å². The molecule has 8 heteroatoms. The van der Waals surface area contributed by atoms with Crippen LogP contribution in [0.2, 0.25) is 0 Å². The molecule has 1 aromatic carbocycles. The molecule has 0 fully saturated rings. The van der Waals surface area contributed by atoms with Gasteiger partial charge in [-0.1, -0.05) is 11.8 Å². The summed E-state index contributed by atoms with van der Waals surface area (Å²) in [6, 6.07) is 1.62. The lowest BCUT2D eigenvalue weighted by Crippen LogP contribution is -2.29. The van der Waals surface area contributed by atoms with Crippen LogP contribution in [0.5, 0.6) is 0 Å². The number of aromatic carboxylic acids is 2. The lowest BCUT2D eigenvalue weighted by Gasteiger charge is -2.12. The second-order valence-corrected chi connectivity index (χ2v) is 4.33. The highest BCUT2D eigenvalue weighted by Gasteiger charge is 2.25. The van der Waals surface area contributed by atoms with Gasteiger partial charge in [0.2, 0.25) is 0 Å². The van der Waals surface area contributed by atoms with Crippen molar-refractivity contribution in [2.45, 2.75) is 0 Å². The standard InChI is InChI=1S/C16H12N2O6/c1-3-5-17-13(19)9-7-10(14(20)18-6-4-2)12(16(23)24)8-11(9)15(21)22/h1-2,7-8H,5-6H2,(H,17,19)(H,18,20)(H,21,22)(H,23,24). The number of carboxylic acid groups (broad SMARTS) is 2. The topological polar surface area (TPSA) is 133 Å². The molecule has 0 unspecified atom stereocenters. The van der Waals surface area contributed by atoms with E-state index in [1.54, 1.807) is 0 Å². The van der Waals surface area contributed by atoms with Crippen LogP contribution in [0.4, 0.5) is 0 Å². The van der Waals surface area contributed by atoms with Gasteiger partial charge in [0, 0.05) is 0 Å². The predicted molar refractivity (Wildman–Crippen MR) is 82.7 cm³/mol. The number of rotatable bonds is 6. The van der Waals surface area contributed by atoms with Crippen molar-refractivity contribution < 1.29 is 29.4 Å². The molecular formula is C16H12N2O6. The summed E-state index contributed by atoms with van der Waals surface area (Å²) in [5, 5.41) is 22.9. The fourth-order valence-corrected chi connectivity index (χ4v) is 1.78. The molecule has 0 atom stereocenters. The van der Waals surface area contributed by atoms with Gasteiger partial charge in [0.15, 0.2) is 0 Å². The summed E-state index contributed by atoms with van der Waals surface area (Å²) in [6.45, 7) is -0.339. The minimum absolute atomic E-state index is 0.169. The lowest BCUT2D eigenvalue weighted by atomic mass is 9.97. The van der Waals surface area contributed by atoms with Crippen LogP contribution < -0.4 is 10.6 Å². The summed E-state index contributed by atoms with van der Waals surface area (Å²) in [6.07, 6.45) is 10.0. The van der Waals surface area contributed by atoms with E-state index < -0.39 is 46.0 Å². The Morgan fingerprint density at radius 3 is 1.42 bits per heavy atom. The Morgan fingerprint density at radius 2 is 1.12 bits per heavy atom. The number of terminal acetylenes is 2. The summed E-state index contributed by atoms with van der Waals surface area (Å²) in [5.41, 5.74) is -1.94. The third-order valence-electron chi connectivity index (χ3n) is 2.81. The van der Waals surface area contributed by atoms with Crippen LogP contribution in [0.1, 0.15) is 41.4 Å². The van der Waals surface area contributed by atoms with E-state index in [2.05, 4.69) is 22.5 Å². The molecule has 0 saturated heterocycles. The minimum atomic E-state index is -1.53. The molecule has 1 rings (SSSR count). The van der Waals surface area contributed by atoms with E-state index in [0.29, 0.717) is 0 Å². The number of hydrogen-bond acceptors (Lipinski definition) is 4. The second-order valence-electron chi connectivity index (χ2n) is 4.33. The molecule has 0 radical (unpaired) electrons. The SMILES string of the molecule is C#CCNC(=O)c1cc(C(=O)NCC#C)c(C(=O)O)cc1C(=O)O. The molecule has 2 amide bonds. The van der Waals surface area contributed by atoms with Gasteiger partial charge in [-0.15, -0.1) is 12.8 Å². The molecular weight excluding hydrogens is 316 g/mol. The molecule has 1 aromatic rings. The first-order valence-electron chi connectivity index (χ1n) is 6.41. The van der Waals surface area contributed by atoms with Crippen LogP contribution in [0.15, 0.2) is 12.1 Å². The molecule has 122 valence electrons. The number of carbonyl (C=O) groups is 4. The van der Waals surface area contributed by atoms with Crippen molar-refractivity contribution in [2.24, 2.45) is 0 Å². The molecule has 0 aliphatic rings. The third kappa shape index (κ3) is 4.12. The van der Waals surface area contributed by atoms with E-state index in [4.69, 9.17) is 12.8 Å². The summed E-state index contributed by atoms with van der Waals surface area (Å²) in [7, 11) is 0. The zero-order chi connectivity index (χ0) is 18.3. The normalized spacial score (nSPS) is 9.25. The zero-order valence-electron chi connectivity index (χ0n) is 12.3. The van der Waals surface area contributed by atoms with Crippen molar-refractivity contribution in [1.82, 2.24) is 10.6 Å². The Balaban J connectivity index is 3.52. The number of carboxylic acids is 2. The van der Waals surface area contributed by atoms with E-state index in [1.807, 2.05) is 0 Å². The van der Waals surface area contributed by atoms with Crippen LogP contribution in [0.25, 0.3) is 0 Å². The number of benzene rings is 1. The molecule has 4 N–H and O–H groups in total. The van der Waals surface area contributed by atoms with Gasteiger partial charge in [-0.2, -0.15) is 0 Å². The highest BCUT2D eigenvalue weighted by molar-refractivity contribution is 6.11. The van der Waals surface area contributed by atoms with Crippen LogP contribution in [0.3, 0.4) is 0 Å². The van der Waals surface area contributed by atoms with Crippen LogP contribution in [-0.2, 0) is 0 Å². The van der Waals surface area contributed by atoms with Gasteiger partial charge in [-0.25, -0.2) is 9.59 Å². The fraction of sp³-hybridized carbons (Fsp3) is 0.125. The van der Waals surface area contributed by atoms with Gasteiger partial charge in [-0.05, 0) is 12.1 Å². The van der Waals surface area contributed by atoms with Gasteiger partial charge in [0.05, 0.1) is 35.3 Å². The molecule has 0 saturated carbocycles. The van der Waals surface area contributed by atoms with Crippen molar-refractivity contribution in [3.05, 3.63) is 34.4 Å². The average molecular weight is 328 g/mol. The van der Waals surface area contributed by atoms with E-state index in [1.165, 1.54) is 0 Å². The summed E-state index contributed by atoms with van der Waals surface area (Å²) >= 11 is 0. The number of nitrogens with one attached hydrogen (secondary N) is 2. The number of carbonyl (C=O) groups excluding carboxylic acids is 2. The van der Waals surface area contributed by atoms with Crippen LogP contribution >= 0.6 is 0 Å². The van der Waals surface area contributed by atoms with E-state index >= 15 is 0 Å². The minimum Gasteiger partial charge on any atom is -0.478 e. The highest BCUT2D eigenvalue weighted by atomic mass is 16.4. The highest BCUT2D eigenvalue weighted by Crippen LogP contribution is 2.18. The molecule has 8 nitrogen and oxygen atoms in total. The molecule has 0 bridgehead atoms. The fourth-order valence-electron chi connectivity index (χ4n) is 1.78. The smallest absolute Gasteiger partial charge is 0.336 e. The first kappa shape index (κ1) is 18.3. The summed E-state index contributed by atoms with van der Waals surface area (Å²) in [4.78, 5) is 46.6. The molecule has 0 aliphatic heterocycles. The van der Waals surface area contributed by atoms with Crippen LogP contribution in [-0.4, -0.2) is 47.1 Å².